The van der Waals surface area contributed by atoms with Crippen molar-refractivity contribution in [1.82, 2.24) is 0 Å². The highest BCUT2D eigenvalue weighted by Gasteiger charge is 2.52. The van der Waals surface area contributed by atoms with Crippen LogP contribution in [0, 0.1) is 0 Å². The summed E-state index contributed by atoms with van der Waals surface area (Å²) >= 11 is 0. The van der Waals surface area contributed by atoms with Gasteiger partial charge in [-0.3, -0.25) is 0 Å². The Hall–Kier alpha value is -14.1. The van der Waals surface area contributed by atoms with Crippen LogP contribution in [0.5, 0.6) is 23.0 Å². The minimum absolute atomic E-state index is 0.270. The van der Waals surface area contributed by atoms with Gasteiger partial charge < -0.3 is 19.3 Å². The molecule has 4 aliphatic rings. The highest BCUT2D eigenvalue weighted by molar-refractivity contribution is 5.94. The van der Waals surface area contributed by atoms with Crippen LogP contribution in [0.2, 0.25) is 0 Å². The first kappa shape index (κ1) is 65.2. The van der Waals surface area contributed by atoms with Crippen LogP contribution in [0.1, 0.15) is 69.5 Å². The summed E-state index contributed by atoms with van der Waals surface area (Å²) in [5.41, 5.74) is 33.2. The molecule has 0 radical (unpaired) electrons. The molecule has 0 N–H and O–H groups in total. The van der Waals surface area contributed by atoms with Crippen molar-refractivity contribution in [3.05, 3.63) is 468 Å². The Morgan fingerprint density at radius 3 is 1.10 bits per heavy atom. The van der Waals surface area contributed by atoms with E-state index in [1.54, 1.807) is 0 Å². The van der Waals surface area contributed by atoms with Gasteiger partial charge in [-0.25, -0.2) is 0 Å². The van der Waals surface area contributed by atoms with E-state index < -0.39 is 10.8 Å². The van der Waals surface area contributed by atoms with Crippen LogP contribution in [0.25, 0.3) is 77.9 Å². The third-order valence-corrected chi connectivity index (χ3v) is 23.9. The first-order valence-electron chi connectivity index (χ1n) is 38.4. The van der Waals surface area contributed by atoms with Crippen molar-refractivity contribution in [2.45, 2.75) is 30.1 Å². The number of hydrogen-bond acceptors (Lipinski definition) is 4. The van der Waals surface area contributed by atoms with E-state index in [2.05, 4.69) is 436 Å². The van der Waals surface area contributed by atoms with Gasteiger partial charge in [0.1, 0.15) is 17.2 Å². The van der Waals surface area contributed by atoms with Crippen LogP contribution >= 0.6 is 0 Å². The first-order valence-corrected chi connectivity index (χ1v) is 38.4. The lowest BCUT2D eigenvalue weighted by Crippen LogP contribution is -2.34. The Bertz CT molecular complexity index is 6370. The SMILES string of the molecule is CC1(C)c2cc(-c3ccccc3)ccc2-c2ccc(N(c3ccc(-c4ccc(-c5cccc(-c6ccc(N(c7ccc(-c8ccccc8)cc7)c7cccc8c7Oc7ccccc7C87c8ccccc8-c8ccccc87)cc6)c5)cc4)cc3)c3cccc(C4(c5ccccc5)c5ccccc5Oc5ccccc54)c3)cc21. The van der Waals surface area contributed by atoms with E-state index in [1.807, 2.05) is 0 Å². The zero-order chi connectivity index (χ0) is 73.8. The van der Waals surface area contributed by atoms with Gasteiger partial charge in [0.25, 0.3) is 0 Å². The number of anilines is 6. The summed E-state index contributed by atoms with van der Waals surface area (Å²) in [7, 11) is 0. The zero-order valence-electron chi connectivity index (χ0n) is 61.5. The highest BCUT2D eigenvalue weighted by Crippen LogP contribution is 2.65. The van der Waals surface area contributed by atoms with Gasteiger partial charge in [0, 0.05) is 56.1 Å². The van der Waals surface area contributed by atoms with Crippen LogP contribution in [0.3, 0.4) is 0 Å². The van der Waals surface area contributed by atoms with E-state index in [1.165, 1.54) is 66.8 Å². The second-order valence-corrected chi connectivity index (χ2v) is 30.2. The van der Waals surface area contributed by atoms with Crippen molar-refractivity contribution >= 4 is 34.1 Å². The van der Waals surface area contributed by atoms with Crippen molar-refractivity contribution in [2.24, 2.45) is 0 Å². The smallest absolute Gasteiger partial charge is 0.156 e. The van der Waals surface area contributed by atoms with Gasteiger partial charge in [-0.1, -0.05) is 329 Å². The number of benzene rings is 17. The van der Waals surface area contributed by atoms with E-state index in [0.29, 0.717) is 0 Å². The maximum absolute atomic E-state index is 7.30. The van der Waals surface area contributed by atoms with Gasteiger partial charge in [-0.15, -0.1) is 0 Å². The summed E-state index contributed by atoms with van der Waals surface area (Å²) in [6, 6.07) is 151. The molecule has 0 aromatic heterocycles. The fourth-order valence-electron chi connectivity index (χ4n) is 18.7. The van der Waals surface area contributed by atoms with Crippen LogP contribution in [0.4, 0.5) is 34.1 Å². The van der Waals surface area contributed by atoms with Crippen LogP contribution in [0.15, 0.2) is 413 Å². The molecule has 0 atom stereocenters. The molecule has 4 heteroatoms. The van der Waals surface area contributed by atoms with Gasteiger partial charge in [0.2, 0.25) is 0 Å². The monoisotopic (exact) mass is 1420 g/mol. The molecule has 1 spiro atoms. The lowest BCUT2D eigenvalue weighted by Gasteiger charge is -2.42. The molecule has 111 heavy (non-hydrogen) atoms. The minimum atomic E-state index is -0.700. The second-order valence-electron chi connectivity index (χ2n) is 30.2. The number of nitrogens with zero attached hydrogens (tertiary/aromatic N) is 2. The summed E-state index contributed by atoms with van der Waals surface area (Å²) in [5, 5.41) is 0. The minimum Gasteiger partial charge on any atom is -0.457 e. The largest absolute Gasteiger partial charge is 0.457 e. The molecule has 0 fully saturated rings. The van der Waals surface area contributed by atoms with Crippen LogP contribution in [-0.2, 0) is 16.2 Å². The fourth-order valence-corrected chi connectivity index (χ4v) is 18.7. The zero-order valence-corrected chi connectivity index (χ0v) is 61.5. The molecule has 4 nitrogen and oxygen atoms in total. The summed E-state index contributed by atoms with van der Waals surface area (Å²) in [4.78, 5) is 4.82. The van der Waals surface area contributed by atoms with Crippen molar-refractivity contribution in [1.29, 1.82) is 0 Å². The molecule has 0 unspecified atom stereocenters. The van der Waals surface area contributed by atoms with E-state index in [9.17, 15) is 0 Å². The molecule has 17 aromatic carbocycles. The molecule has 0 bridgehead atoms. The van der Waals surface area contributed by atoms with Gasteiger partial charge in [-0.05, 0) is 208 Å². The Morgan fingerprint density at radius 1 is 0.198 bits per heavy atom. The maximum Gasteiger partial charge on any atom is 0.156 e. The molecule has 21 rings (SSSR count). The molecule has 17 aromatic rings. The van der Waals surface area contributed by atoms with Crippen molar-refractivity contribution in [3.63, 3.8) is 0 Å². The highest BCUT2D eigenvalue weighted by atomic mass is 16.5. The Labute approximate surface area is 648 Å². The molecule has 2 aliphatic carbocycles. The molecular formula is C107H74N2O2. The maximum atomic E-state index is 7.30. The van der Waals surface area contributed by atoms with Gasteiger partial charge in [-0.2, -0.15) is 0 Å². The average Bonchev–Trinajstić information content (AvgIpc) is 1.56. The van der Waals surface area contributed by atoms with Crippen molar-refractivity contribution in [3.8, 4) is 101 Å². The molecule has 0 saturated heterocycles. The van der Waals surface area contributed by atoms with Gasteiger partial charge >= 0.3 is 0 Å². The summed E-state index contributed by atoms with van der Waals surface area (Å²) in [6.45, 7) is 4.77. The molecule has 524 valence electrons. The number of para-hydroxylation sites is 4. The molecule has 0 saturated carbocycles. The number of fused-ring (bicyclic) bond motifs is 14. The van der Waals surface area contributed by atoms with Crippen molar-refractivity contribution in [2.75, 3.05) is 9.80 Å². The Morgan fingerprint density at radius 2 is 0.541 bits per heavy atom. The fraction of sp³-hybridized carbons (Fsp3) is 0.0467. The number of hydrogen-bond donors (Lipinski definition) is 0. The normalized spacial score (nSPS) is 13.7. The third kappa shape index (κ3) is 10.4. The van der Waals surface area contributed by atoms with E-state index >= 15 is 0 Å². The Balaban J connectivity index is 0.619. The first-order chi connectivity index (χ1) is 54.8. The van der Waals surface area contributed by atoms with Crippen LogP contribution < -0.4 is 19.3 Å². The number of ether oxygens (including phenoxy) is 2. The topological polar surface area (TPSA) is 24.9 Å². The summed E-state index contributed by atoms with van der Waals surface area (Å²) in [5.74, 6) is 3.39. The van der Waals surface area contributed by atoms with Crippen LogP contribution in [-0.4, -0.2) is 0 Å². The second kappa shape index (κ2) is 26.1. The predicted octanol–water partition coefficient (Wildman–Crippen LogP) is 28.2. The summed E-state index contributed by atoms with van der Waals surface area (Å²) < 4.78 is 14.1. The standard InChI is InChI=1S/C107H74N2O2/c1-105(2)98-68-80(72-27-8-4-9-28-72)57-65-90(98)91-66-64-87(70-99(91)105)108(86-34-23-33-82(69-86)106(81-31-10-5-11-32-81)94-39-16-19-44-101(94)110-102-45-20-17-40-95(102)106)83-58-51-75(52-59-83)73-47-49-76(50-48-73)78-29-22-30-79(67-78)77-55-62-85(63-56-77)109(84-60-53-74(54-61-84)71-25-6-3-7-26-71)100-43-24-42-97-104(100)111-103-46-21-18-41-96(103)107(97)92-37-14-12-35-88(92)89-36-13-15-38-93(89)107/h3-70H,1-2H3. The van der Waals surface area contributed by atoms with Gasteiger partial charge in [0.15, 0.2) is 5.75 Å². The molecule has 2 heterocycles. The lowest BCUT2D eigenvalue weighted by atomic mass is 9.63. The quantitative estimate of drug-likeness (QED) is 0.115. The molecule has 0 amide bonds. The van der Waals surface area contributed by atoms with Crippen molar-refractivity contribution < 1.29 is 9.47 Å². The van der Waals surface area contributed by atoms with E-state index in [0.717, 1.165) is 124 Å². The molecule has 2 aliphatic heterocycles. The average molecular weight is 1420 g/mol. The van der Waals surface area contributed by atoms with E-state index in [-0.39, 0.29) is 5.41 Å². The number of rotatable bonds is 13. The Kier molecular flexibility index (Phi) is 15.4. The predicted molar refractivity (Wildman–Crippen MR) is 456 cm³/mol. The molecular weight excluding hydrogens is 1350 g/mol. The van der Waals surface area contributed by atoms with E-state index in [4.69, 9.17) is 9.47 Å². The lowest BCUT2D eigenvalue weighted by molar-refractivity contribution is 0.434. The third-order valence-electron chi connectivity index (χ3n) is 23.9. The summed E-state index contributed by atoms with van der Waals surface area (Å²) in [6.07, 6.45) is 0. The van der Waals surface area contributed by atoms with Gasteiger partial charge in [0.05, 0.1) is 16.5 Å².